The first-order valence-electron chi connectivity index (χ1n) is 20.3. The number of anilines is 6. The van der Waals surface area contributed by atoms with Crippen molar-refractivity contribution in [1.29, 1.82) is 0 Å². The maximum absolute atomic E-state index is 5.58. The Labute approximate surface area is 375 Å². The fourth-order valence-electron chi connectivity index (χ4n) is 8.38. The number of hydrogen-bond acceptors (Lipinski definition) is 6. The van der Waals surface area contributed by atoms with Crippen molar-refractivity contribution in [2.45, 2.75) is 0 Å². The summed E-state index contributed by atoms with van der Waals surface area (Å²) < 4.78 is 1.71. The number of aromatic nitrogens is 4. The van der Waals surface area contributed by atoms with E-state index in [0.29, 0.717) is 0 Å². The van der Waals surface area contributed by atoms with E-state index in [1.165, 1.54) is 0 Å². The van der Waals surface area contributed by atoms with Crippen LogP contribution in [0.25, 0.3) is 66.1 Å². The van der Waals surface area contributed by atoms with Crippen LogP contribution in [0.1, 0.15) is 0 Å². The summed E-state index contributed by atoms with van der Waals surface area (Å²) in [6.45, 7) is 0. The third-order valence-corrected chi connectivity index (χ3v) is 12.1. The predicted octanol–water partition coefficient (Wildman–Crippen LogP) is 15.7. The van der Waals surface area contributed by atoms with Gasteiger partial charge in [0.2, 0.25) is 0 Å². The fourth-order valence-corrected chi connectivity index (χ4v) is 9.04. The molecule has 0 aliphatic rings. The molecule has 0 radical (unpaired) electrons. The Balaban J connectivity index is 1.11. The molecule has 294 valence electrons. The third kappa shape index (κ3) is 6.83. The summed E-state index contributed by atoms with van der Waals surface area (Å²) in [5.41, 5.74) is 15.1. The second kappa shape index (κ2) is 16.0. The topological polar surface area (TPSA) is 58.0 Å². The first-order chi connectivity index (χ1) is 30.6. The largest absolute Gasteiger partial charge is 0.311 e. The van der Waals surface area contributed by atoms with Gasteiger partial charge in [-0.3, -0.25) is 9.97 Å². The Kier molecular flexibility index (Phi) is 9.72. The van der Waals surface area contributed by atoms with E-state index < -0.39 is 0 Å². The van der Waals surface area contributed by atoms with Crippen LogP contribution in [0.5, 0.6) is 0 Å². The highest BCUT2D eigenvalue weighted by molar-refractivity contribution is 9.10. The monoisotopic (exact) mass is 924 g/mol. The van der Waals surface area contributed by atoms with Gasteiger partial charge < -0.3 is 9.80 Å². The lowest BCUT2D eigenvalue weighted by Gasteiger charge is -2.25. The van der Waals surface area contributed by atoms with Crippen molar-refractivity contribution in [3.05, 3.63) is 215 Å². The third-order valence-electron chi connectivity index (χ3n) is 11.2. The van der Waals surface area contributed by atoms with Gasteiger partial charge in [-0.2, -0.15) is 0 Å². The Morgan fingerprint density at radius 1 is 0.306 bits per heavy atom. The van der Waals surface area contributed by atoms with E-state index in [-0.39, 0.29) is 0 Å². The number of hydrogen-bond donors (Lipinski definition) is 0. The summed E-state index contributed by atoms with van der Waals surface area (Å²) in [6, 6.07) is 67.8. The number of nitrogens with zero attached hydrogens (tertiary/aromatic N) is 6. The summed E-state index contributed by atoms with van der Waals surface area (Å²) in [4.78, 5) is 25.4. The van der Waals surface area contributed by atoms with Crippen LogP contribution in [-0.4, -0.2) is 19.9 Å². The minimum absolute atomic E-state index is 0.764. The summed E-state index contributed by atoms with van der Waals surface area (Å²) >= 11 is 7.38. The maximum Gasteiger partial charge on any atom is 0.0997 e. The molecule has 3 aromatic heterocycles. The second-order valence-corrected chi connectivity index (χ2v) is 16.8. The van der Waals surface area contributed by atoms with Crippen LogP contribution >= 0.6 is 31.9 Å². The molecule has 0 amide bonds. The quantitative estimate of drug-likeness (QED) is 0.112. The molecule has 8 heteroatoms. The molecule has 0 fully saturated rings. The van der Waals surface area contributed by atoms with Crippen LogP contribution in [0.15, 0.2) is 215 Å². The van der Waals surface area contributed by atoms with Gasteiger partial charge in [-0.1, -0.05) is 109 Å². The minimum atomic E-state index is 0.764. The number of halogens is 2. The normalized spacial score (nSPS) is 11.4. The molecule has 0 N–H and O–H groups in total. The van der Waals surface area contributed by atoms with Gasteiger partial charge in [-0.05, 0) is 128 Å². The Morgan fingerprint density at radius 2 is 0.613 bits per heavy atom. The Hall–Kier alpha value is -7.26. The van der Waals surface area contributed by atoms with E-state index >= 15 is 0 Å². The van der Waals surface area contributed by atoms with Crippen molar-refractivity contribution < 1.29 is 0 Å². The van der Waals surface area contributed by atoms with Crippen LogP contribution in [0.3, 0.4) is 0 Å². The molecule has 0 unspecified atom stereocenters. The molecule has 0 atom stereocenters. The van der Waals surface area contributed by atoms with Gasteiger partial charge in [-0.15, -0.1) is 0 Å². The van der Waals surface area contributed by atoms with Gasteiger partial charge in [0.15, 0.2) is 0 Å². The zero-order valence-electron chi connectivity index (χ0n) is 33.1. The molecule has 0 saturated heterocycles. The highest BCUT2D eigenvalue weighted by Gasteiger charge is 2.21. The van der Waals surface area contributed by atoms with E-state index in [9.17, 15) is 0 Å². The van der Waals surface area contributed by atoms with Gasteiger partial charge in [0.1, 0.15) is 0 Å². The molecule has 11 rings (SSSR count). The number of pyridine rings is 2. The number of para-hydroxylation sites is 4. The molecule has 0 aliphatic carbocycles. The van der Waals surface area contributed by atoms with Gasteiger partial charge in [-0.25, -0.2) is 9.97 Å². The number of benzene rings is 8. The lowest BCUT2D eigenvalue weighted by molar-refractivity contribution is 1.28. The van der Waals surface area contributed by atoms with E-state index in [1.807, 2.05) is 36.7 Å². The molecule has 11 aromatic rings. The zero-order chi connectivity index (χ0) is 41.6. The molecule has 3 heterocycles. The Bertz CT molecular complexity index is 3100. The summed E-state index contributed by atoms with van der Waals surface area (Å²) in [6.07, 6.45) is 3.62. The number of rotatable bonds is 8. The lowest BCUT2D eigenvalue weighted by Crippen LogP contribution is -2.09. The van der Waals surface area contributed by atoms with Crippen molar-refractivity contribution in [3.63, 3.8) is 0 Å². The SMILES string of the molecule is Brc1cnc2c(c1)c1nc3c(-c4ccc(N(c5ccccc5)c5ccccc5)cc4)ccc(-c4ccc(N(c5ccccc5)c5ccccc5)cc4)c3nc1c1cc(Br)cnc12. The minimum Gasteiger partial charge on any atom is -0.311 e. The van der Waals surface area contributed by atoms with Crippen LogP contribution in [0.4, 0.5) is 34.1 Å². The maximum atomic E-state index is 5.58. The average Bonchev–Trinajstić information content (AvgIpc) is 3.33. The highest BCUT2D eigenvalue weighted by atomic mass is 79.9. The average molecular weight is 927 g/mol. The van der Waals surface area contributed by atoms with E-state index in [1.54, 1.807) is 0 Å². The van der Waals surface area contributed by atoms with E-state index in [0.717, 1.165) is 109 Å². The summed E-state index contributed by atoms with van der Waals surface area (Å²) in [7, 11) is 0. The predicted molar refractivity (Wildman–Crippen MR) is 263 cm³/mol. The second-order valence-electron chi connectivity index (χ2n) is 15.0. The summed E-state index contributed by atoms with van der Waals surface area (Å²) in [5.74, 6) is 0. The molecule has 0 saturated carbocycles. The number of fused-ring (bicyclic) bond motifs is 7. The highest BCUT2D eigenvalue weighted by Crippen LogP contribution is 2.42. The molecule has 62 heavy (non-hydrogen) atoms. The fraction of sp³-hybridized carbons (Fsp3) is 0. The van der Waals surface area contributed by atoms with Crippen LogP contribution in [-0.2, 0) is 0 Å². The van der Waals surface area contributed by atoms with Gasteiger partial charge in [0, 0.05) is 77.4 Å². The van der Waals surface area contributed by atoms with Crippen molar-refractivity contribution >= 4 is 110 Å². The lowest BCUT2D eigenvalue weighted by atomic mass is 9.96. The Morgan fingerprint density at radius 3 is 0.935 bits per heavy atom. The van der Waals surface area contributed by atoms with Gasteiger partial charge in [0.05, 0.1) is 33.1 Å². The summed E-state index contributed by atoms with van der Waals surface area (Å²) in [5, 5.41) is 1.76. The smallest absolute Gasteiger partial charge is 0.0997 e. The van der Waals surface area contributed by atoms with Gasteiger partial charge >= 0.3 is 0 Å². The molecule has 0 aliphatic heterocycles. The van der Waals surface area contributed by atoms with Crippen molar-refractivity contribution in [1.82, 2.24) is 19.9 Å². The van der Waals surface area contributed by atoms with Gasteiger partial charge in [0.25, 0.3) is 0 Å². The van der Waals surface area contributed by atoms with Crippen LogP contribution < -0.4 is 9.80 Å². The molecule has 8 aromatic carbocycles. The van der Waals surface area contributed by atoms with Crippen molar-refractivity contribution in [2.75, 3.05) is 9.80 Å². The first kappa shape index (κ1) is 37.7. The molecular formula is C54H34Br2N6. The van der Waals surface area contributed by atoms with E-state index in [2.05, 4.69) is 212 Å². The molecule has 0 spiro atoms. The standard InChI is InChI=1S/C54H34Br2N6/c55-37-31-47-49(57-33-37)50-48(32-38(56)34-58-50)54-53(47)59-51-45(35-21-25-43(26-22-35)61(39-13-5-1-6-14-39)40-15-7-2-8-16-40)29-30-46(52(51)60-54)36-23-27-44(28-24-36)62(41-17-9-3-10-18-41)42-19-11-4-12-20-42/h1-34H. The van der Waals surface area contributed by atoms with E-state index in [4.69, 9.17) is 19.9 Å². The molecule has 6 nitrogen and oxygen atoms in total. The van der Waals surface area contributed by atoms with Crippen molar-refractivity contribution in [2.24, 2.45) is 0 Å². The zero-order valence-corrected chi connectivity index (χ0v) is 36.2. The van der Waals surface area contributed by atoms with Crippen LogP contribution in [0.2, 0.25) is 0 Å². The molecular weight excluding hydrogens is 892 g/mol. The van der Waals surface area contributed by atoms with Crippen LogP contribution in [0, 0.1) is 0 Å². The van der Waals surface area contributed by atoms with Crippen molar-refractivity contribution in [3.8, 4) is 22.3 Å². The molecule has 0 bridgehead atoms. The first-order valence-corrected chi connectivity index (χ1v) is 21.8.